The molecule has 1 fully saturated rings. The highest BCUT2D eigenvalue weighted by Gasteiger charge is 2.29. The van der Waals surface area contributed by atoms with E-state index in [0.29, 0.717) is 17.2 Å². The van der Waals surface area contributed by atoms with Crippen molar-refractivity contribution in [3.8, 4) is 0 Å². The molecule has 138 valence electrons. The number of nitrogens with one attached hydrogen (secondary N) is 2. The first-order valence-electron chi connectivity index (χ1n) is 8.77. The van der Waals surface area contributed by atoms with Crippen LogP contribution in [0.15, 0.2) is 6.07 Å². The number of sulfone groups is 1. The van der Waals surface area contributed by atoms with Crippen LogP contribution in [0.2, 0.25) is 0 Å². The van der Waals surface area contributed by atoms with E-state index < -0.39 is 9.84 Å². The van der Waals surface area contributed by atoms with Crippen LogP contribution in [0.5, 0.6) is 0 Å². The molecular weight excluding hydrogens is 360 g/mol. The van der Waals surface area contributed by atoms with Crippen molar-refractivity contribution in [3.05, 3.63) is 21.4 Å². The van der Waals surface area contributed by atoms with E-state index in [0.717, 1.165) is 19.3 Å². The van der Waals surface area contributed by atoms with Gasteiger partial charge in [-0.2, -0.15) is 0 Å². The number of rotatable bonds is 4. The normalized spacial score (nSPS) is 24.5. The predicted octanol–water partition coefficient (Wildman–Crippen LogP) is 1.85. The molecule has 2 amide bonds. The smallest absolute Gasteiger partial charge is 0.273 e. The minimum atomic E-state index is -2.99. The third-order valence-corrected chi connectivity index (χ3v) is 8.18. The van der Waals surface area contributed by atoms with E-state index in [1.54, 1.807) is 0 Å². The second-order valence-corrected chi connectivity index (χ2v) is 10.4. The summed E-state index contributed by atoms with van der Waals surface area (Å²) in [5.74, 6) is 0.103. The molecule has 1 aromatic rings. The summed E-state index contributed by atoms with van der Waals surface area (Å²) in [6.45, 7) is 2.20. The minimum Gasteiger partial charge on any atom is -0.273 e. The summed E-state index contributed by atoms with van der Waals surface area (Å²) in [7, 11) is -2.99. The lowest BCUT2D eigenvalue weighted by Crippen LogP contribution is -2.42. The van der Waals surface area contributed by atoms with Gasteiger partial charge in [0, 0.05) is 11.3 Å². The summed E-state index contributed by atoms with van der Waals surface area (Å²) in [6.07, 6.45) is 5.01. The highest BCUT2D eigenvalue weighted by Crippen LogP contribution is 2.33. The fraction of sp³-hybridized carbons (Fsp3) is 0.647. The molecule has 6 nitrogen and oxygen atoms in total. The zero-order valence-corrected chi connectivity index (χ0v) is 16.0. The number of hydrogen-bond donors (Lipinski definition) is 2. The average Bonchev–Trinajstić information content (AvgIpc) is 3.14. The Hall–Kier alpha value is -1.41. The molecule has 1 aromatic heterocycles. The lowest BCUT2D eigenvalue weighted by atomic mass is 9.87. The van der Waals surface area contributed by atoms with Gasteiger partial charge in [0.05, 0.1) is 16.4 Å². The molecule has 8 heteroatoms. The van der Waals surface area contributed by atoms with Crippen molar-refractivity contribution in [1.29, 1.82) is 0 Å². The van der Waals surface area contributed by atoms with E-state index in [1.807, 2.05) is 6.07 Å². The number of carbonyl (C=O) groups is 2. The number of carbonyl (C=O) groups excluding carboxylic acids is 2. The van der Waals surface area contributed by atoms with Crippen molar-refractivity contribution in [3.63, 3.8) is 0 Å². The summed E-state index contributed by atoms with van der Waals surface area (Å²) in [5.41, 5.74) is 6.12. The molecule has 0 bridgehead atoms. The van der Waals surface area contributed by atoms with E-state index >= 15 is 0 Å². The molecular formula is C17H24N2O4S2. The van der Waals surface area contributed by atoms with Crippen LogP contribution in [0, 0.1) is 11.8 Å². The van der Waals surface area contributed by atoms with Gasteiger partial charge < -0.3 is 0 Å². The minimum absolute atomic E-state index is 0.0601. The molecule has 3 rings (SSSR count). The monoisotopic (exact) mass is 384 g/mol. The number of hydrazine groups is 1. The molecule has 1 aliphatic carbocycles. The molecule has 2 N–H and O–H groups in total. The van der Waals surface area contributed by atoms with Crippen molar-refractivity contribution >= 4 is 33.0 Å². The highest BCUT2D eigenvalue weighted by atomic mass is 32.2. The fourth-order valence-electron chi connectivity index (χ4n) is 3.59. The fourth-order valence-corrected chi connectivity index (χ4v) is 6.56. The topological polar surface area (TPSA) is 92.3 Å². The van der Waals surface area contributed by atoms with E-state index in [1.165, 1.54) is 28.2 Å². The van der Waals surface area contributed by atoms with Crippen LogP contribution in [0.25, 0.3) is 0 Å². The molecule has 2 aliphatic rings. The second kappa shape index (κ2) is 7.45. The summed E-state index contributed by atoms with van der Waals surface area (Å²) < 4.78 is 22.8. The number of thiophene rings is 1. The predicted molar refractivity (Wildman–Crippen MR) is 97.1 cm³/mol. The Morgan fingerprint density at radius 2 is 2.04 bits per heavy atom. The first kappa shape index (κ1) is 18.4. The molecule has 1 aliphatic heterocycles. The molecule has 25 heavy (non-hydrogen) atoms. The molecule has 2 atom stereocenters. The highest BCUT2D eigenvalue weighted by molar-refractivity contribution is 7.91. The number of aryl methyl sites for hydroxylation is 1. The van der Waals surface area contributed by atoms with Crippen LogP contribution >= 0.6 is 11.3 Å². The van der Waals surface area contributed by atoms with Gasteiger partial charge >= 0.3 is 0 Å². The van der Waals surface area contributed by atoms with Crippen molar-refractivity contribution < 1.29 is 18.0 Å². The molecule has 1 saturated heterocycles. The largest absolute Gasteiger partial charge is 0.279 e. The number of amides is 2. The zero-order valence-electron chi connectivity index (χ0n) is 14.3. The van der Waals surface area contributed by atoms with Crippen LogP contribution in [-0.2, 0) is 27.5 Å². The van der Waals surface area contributed by atoms with Gasteiger partial charge in [-0.1, -0.05) is 13.3 Å². The second-order valence-electron chi connectivity index (χ2n) is 7.05. The van der Waals surface area contributed by atoms with Crippen molar-refractivity contribution in [2.75, 3.05) is 11.5 Å². The molecule has 0 spiro atoms. The Balaban J connectivity index is 1.50. The van der Waals surface area contributed by atoms with Crippen molar-refractivity contribution in [2.45, 2.75) is 45.4 Å². The lowest BCUT2D eigenvalue weighted by molar-refractivity contribution is -0.122. The summed E-state index contributed by atoms with van der Waals surface area (Å²) in [4.78, 5) is 26.0. The van der Waals surface area contributed by atoms with E-state index in [2.05, 4.69) is 17.8 Å². The third-order valence-electron chi connectivity index (χ3n) is 5.10. The SMILES string of the molecule is CC[C@H]1CCc2sc(C(=O)NNC(=O)C[C@@H]3CCS(=O)(=O)C3)cc2C1. The maximum atomic E-state index is 12.2. The molecule has 0 unspecified atom stereocenters. The van der Waals surface area contributed by atoms with Gasteiger partial charge in [0.1, 0.15) is 0 Å². The molecule has 2 heterocycles. The van der Waals surface area contributed by atoms with Crippen LogP contribution in [-0.4, -0.2) is 31.7 Å². The van der Waals surface area contributed by atoms with Crippen molar-refractivity contribution in [1.82, 2.24) is 10.9 Å². The Kier molecular flexibility index (Phi) is 5.48. The maximum Gasteiger partial charge on any atom is 0.279 e. The van der Waals surface area contributed by atoms with Gasteiger partial charge in [-0.05, 0) is 49.1 Å². The standard InChI is InChI=1S/C17H24N2O4S2/c1-2-11-3-4-14-13(7-11)9-15(24-14)17(21)19-18-16(20)8-12-5-6-25(22,23)10-12/h9,11-12H,2-8,10H2,1H3,(H,18,20)(H,19,21)/t11-,12-/m0/s1. The first-order chi connectivity index (χ1) is 11.9. The maximum absolute atomic E-state index is 12.2. The van der Waals surface area contributed by atoms with Gasteiger partial charge in [-0.25, -0.2) is 8.42 Å². The molecule has 0 aromatic carbocycles. The van der Waals surface area contributed by atoms with Crippen LogP contribution in [0.1, 0.15) is 52.7 Å². The Bertz CT molecular complexity index is 770. The van der Waals surface area contributed by atoms with Gasteiger partial charge in [0.15, 0.2) is 9.84 Å². The Morgan fingerprint density at radius 3 is 2.72 bits per heavy atom. The van der Waals surface area contributed by atoms with Gasteiger partial charge in [0.2, 0.25) is 5.91 Å². The molecule has 0 saturated carbocycles. The summed E-state index contributed by atoms with van der Waals surface area (Å²) in [6, 6.07) is 1.94. The average molecular weight is 385 g/mol. The van der Waals surface area contributed by atoms with E-state index in [4.69, 9.17) is 0 Å². The lowest BCUT2D eigenvalue weighted by Gasteiger charge is -2.19. The third kappa shape index (κ3) is 4.61. The number of hydrogen-bond acceptors (Lipinski definition) is 5. The molecule has 0 radical (unpaired) electrons. The first-order valence-corrected chi connectivity index (χ1v) is 11.4. The van der Waals surface area contributed by atoms with E-state index in [9.17, 15) is 18.0 Å². The van der Waals surface area contributed by atoms with E-state index in [-0.39, 0.29) is 35.7 Å². The zero-order chi connectivity index (χ0) is 18.0. The van der Waals surface area contributed by atoms with Crippen molar-refractivity contribution in [2.24, 2.45) is 11.8 Å². The van der Waals surface area contributed by atoms with Gasteiger partial charge in [-0.3, -0.25) is 20.4 Å². The van der Waals surface area contributed by atoms with Crippen LogP contribution in [0.4, 0.5) is 0 Å². The van der Waals surface area contributed by atoms with Crippen LogP contribution < -0.4 is 10.9 Å². The Morgan fingerprint density at radius 1 is 1.24 bits per heavy atom. The Labute approximate surface area is 152 Å². The summed E-state index contributed by atoms with van der Waals surface area (Å²) in [5, 5.41) is 0. The quantitative estimate of drug-likeness (QED) is 0.775. The van der Waals surface area contributed by atoms with Gasteiger partial charge in [0.25, 0.3) is 5.91 Å². The number of fused-ring (bicyclic) bond motifs is 1. The van der Waals surface area contributed by atoms with Gasteiger partial charge in [-0.15, -0.1) is 11.3 Å². The summed E-state index contributed by atoms with van der Waals surface area (Å²) >= 11 is 1.50. The van der Waals surface area contributed by atoms with Crippen LogP contribution in [0.3, 0.4) is 0 Å².